The first kappa shape index (κ1) is 17.9. The number of hydrogen-bond acceptors (Lipinski definition) is 3. The van der Waals surface area contributed by atoms with Crippen LogP contribution in [0.15, 0.2) is 42.5 Å². The van der Waals surface area contributed by atoms with Crippen molar-refractivity contribution in [1.29, 1.82) is 0 Å². The first-order valence-electron chi connectivity index (χ1n) is 8.04. The zero-order chi connectivity index (χ0) is 17.7. The minimum atomic E-state index is -0.845. The molecule has 0 radical (unpaired) electrons. The Kier molecular flexibility index (Phi) is 5.85. The van der Waals surface area contributed by atoms with Crippen molar-refractivity contribution >= 4 is 5.97 Å². The number of carboxylic acid groups (broad SMARTS) is 1. The highest BCUT2D eigenvalue weighted by Crippen LogP contribution is 2.30. The van der Waals surface area contributed by atoms with Crippen molar-refractivity contribution in [3.8, 4) is 11.5 Å². The summed E-state index contributed by atoms with van der Waals surface area (Å²) in [7, 11) is 1.60. The van der Waals surface area contributed by atoms with Gasteiger partial charge in [0.15, 0.2) is 0 Å². The Hall–Kier alpha value is -2.49. The van der Waals surface area contributed by atoms with Gasteiger partial charge in [-0.15, -0.1) is 0 Å². The fourth-order valence-electron chi connectivity index (χ4n) is 2.76. The minimum Gasteiger partial charge on any atom is -0.497 e. The van der Waals surface area contributed by atoms with Gasteiger partial charge in [-0.2, -0.15) is 0 Å². The van der Waals surface area contributed by atoms with Crippen LogP contribution < -0.4 is 9.47 Å². The van der Waals surface area contributed by atoms with Gasteiger partial charge in [-0.05, 0) is 62.1 Å². The van der Waals surface area contributed by atoms with Crippen molar-refractivity contribution < 1.29 is 19.4 Å². The molecule has 0 fully saturated rings. The molecule has 2 aromatic rings. The molecule has 1 atom stereocenters. The number of methoxy groups -OCH3 is 1. The van der Waals surface area contributed by atoms with E-state index in [9.17, 15) is 9.90 Å². The first-order chi connectivity index (χ1) is 11.4. The number of para-hydroxylation sites is 1. The van der Waals surface area contributed by atoms with E-state index in [1.54, 1.807) is 13.2 Å². The molecule has 0 aliphatic heterocycles. The number of aliphatic carboxylic acids is 1. The molecule has 0 aliphatic rings. The number of ether oxygens (including phenoxy) is 2. The molecule has 0 aliphatic carbocycles. The molecule has 1 unspecified atom stereocenters. The maximum atomic E-state index is 11.9. The van der Waals surface area contributed by atoms with Crippen LogP contribution in [0.4, 0.5) is 0 Å². The third-order valence-electron chi connectivity index (χ3n) is 3.91. The molecule has 0 saturated heterocycles. The van der Waals surface area contributed by atoms with E-state index in [1.807, 2.05) is 57.2 Å². The average Bonchev–Trinajstić information content (AvgIpc) is 2.53. The van der Waals surface area contributed by atoms with Gasteiger partial charge in [0.2, 0.25) is 0 Å². The van der Waals surface area contributed by atoms with Gasteiger partial charge >= 0.3 is 5.97 Å². The Morgan fingerprint density at radius 3 is 2.46 bits per heavy atom. The van der Waals surface area contributed by atoms with Crippen molar-refractivity contribution in [1.82, 2.24) is 0 Å². The van der Waals surface area contributed by atoms with Crippen LogP contribution in [-0.2, 0) is 11.2 Å². The van der Waals surface area contributed by atoms with E-state index in [1.165, 1.54) is 0 Å². The Balaban J connectivity index is 2.35. The van der Waals surface area contributed by atoms with Gasteiger partial charge in [0.05, 0.1) is 19.1 Å². The molecular weight excluding hydrogens is 304 g/mol. The van der Waals surface area contributed by atoms with Gasteiger partial charge in [-0.3, -0.25) is 4.79 Å². The van der Waals surface area contributed by atoms with E-state index in [-0.39, 0.29) is 6.10 Å². The quantitative estimate of drug-likeness (QED) is 0.827. The maximum absolute atomic E-state index is 11.9. The van der Waals surface area contributed by atoms with Crippen molar-refractivity contribution in [3.63, 3.8) is 0 Å². The molecule has 4 nitrogen and oxygen atoms in total. The molecular formula is C20H24O4. The first-order valence-corrected chi connectivity index (χ1v) is 8.04. The normalized spacial score (nSPS) is 12.0. The Bertz CT molecular complexity index is 707. The highest BCUT2D eigenvalue weighted by Gasteiger charge is 2.24. The van der Waals surface area contributed by atoms with E-state index < -0.39 is 11.9 Å². The van der Waals surface area contributed by atoms with Crippen LogP contribution in [0.2, 0.25) is 0 Å². The Morgan fingerprint density at radius 1 is 1.17 bits per heavy atom. The number of hydrogen-bond donors (Lipinski definition) is 1. The van der Waals surface area contributed by atoms with Gasteiger partial charge in [-0.25, -0.2) is 0 Å². The zero-order valence-corrected chi connectivity index (χ0v) is 14.6. The number of carbonyl (C=O) groups is 1. The van der Waals surface area contributed by atoms with Crippen LogP contribution in [0.25, 0.3) is 0 Å². The van der Waals surface area contributed by atoms with E-state index in [4.69, 9.17) is 9.47 Å². The summed E-state index contributed by atoms with van der Waals surface area (Å²) in [6.45, 7) is 5.82. The summed E-state index contributed by atoms with van der Waals surface area (Å²) in [5, 5.41) is 9.74. The molecule has 128 valence electrons. The standard InChI is InChI=1S/C20H24O4/c1-13(2)24-19-8-6-5-7-15(19)12-18(20(21)22)17-10-9-16(23-4)11-14(17)3/h5-11,13,18H,12H2,1-4H3,(H,21,22). The summed E-state index contributed by atoms with van der Waals surface area (Å²) in [4.78, 5) is 11.9. The molecule has 24 heavy (non-hydrogen) atoms. The topological polar surface area (TPSA) is 55.8 Å². The molecule has 0 bridgehead atoms. The van der Waals surface area contributed by atoms with Crippen LogP contribution in [0.5, 0.6) is 11.5 Å². The van der Waals surface area contributed by atoms with Crippen LogP contribution in [0.3, 0.4) is 0 Å². The van der Waals surface area contributed by atoms with Crippen molar-refractivity contribution in [2.45, 2.75) is 39.2 Å². The summed E-state index contributed by atoms with van der Waals surface area (Å²) in [6.07, 6.45) is 0.419. The van der Waals surface area contributed by atoms with E-state index in [0.717, 1.165) is 28.2 Å². The lowest BCUT2D eigenvalue weighted by atomic mass is 9.89. The number of aryl methyl sites for hydroxylation is 1. The molecule has 2 aromatic carbocycles. The van der Waals surface area contributed by atoms with E-state index in [2.05, 4.69) is 0 Å². The third kappa shape index (κ3) is 4.28. The Labute approximate surface area is 143 Å². The summed E-state index contributed by atoms with van der Waals surface area (Å²) in [5.74, 6) is -0.00993. The monoisotopic (exact) mass is 328 g/mol. The Morgan fingerprint density at radius 2 is 1.88 bits per heavy atom. The van der Waals surface area contributed by atoms with Crippen molar-refractivity contribution in [3.05, 3.63) is 59.2 Å². The van der Waals surface area contributed by atoms with E-state index in [0.29, 0.717) is 6.42 Å². The lowest BCUT2D eigenvalue weighted by Gasteiger charge is -2.19. The smallest absolute Gasteiger partial charge is 0.311 e. The molecule has 0 spiro atoms. The second-order valence-corrected chi connectivity index (χ2v) is 6.09. The van der Waals surface area contributed by atoms with Crippen LogP contribution >= 0.6 is 0 Å². The summed E-state index contributed by atoms with van der Waals surface area (Å²) >= 11 is 0. The second kappa shape index (κ2) is 7.86. The summed E-state index contributed by atoms with van der Waals surface area (Å²) < 4.78 is 11.0. The fourth-order valence-corrected chi connectivity index (χ4v) is 2.76. The summed E-state index contributed by atoms with van der Waals surface area (Å²) in [6, 6.07) is 13.1. The van der Waals surface area contributed by atoms with Crippen LogP contribution in [-0.4, -0.2) is 24.3 Å². The van der Waals surface area contributed by atoms with Gasteiger partial charge in [0.25, 0.3) is 0 Å². The van der Waals surface area contributed by atoms with Gasteiger partial charge in [0.1, 0.15) is 11.5 Å². The largest absolute Gasteiger partial charge is 0.497 e. The molecule has 0 aromatic heterocycles. The van der Waals surface area contributed by atoms with Crippen molar-refractivity contribution in [2.75, 3.05) is 7.11 Å². The fraction of sp³-hybridized carbons (Fsp3) is 0.350. The van der Waals surface area contributed by atoms with Crippen LogP contribution in [0, 0.1) is 6.92 Å². The number of rotatable bonds is 7. The molecule has 0 saturated carbocycles. The number of benzene rings is 2. The highest BCUT2D eigenvalue weighted by atomic mass is 16.5. The molecule has 4 heteroatoms. The third-order valence-corrected chi connectivity index (χ3v) is 3.91. The SMILES string of the molecule is COc1ccc(C(Cc2ccccc2OC(C)C)C(=O)O)c(C)c1. The van der Waals surface area contributed by atoms with Gasteiger partial charge in [0, 0.05) is 0 Å². The van der Waals surface area contributed by atoms with Crippen molar-refractivity contribution in [2.24, 2.45) is 0 Å². The number of carboxylic acids is 1. The molecule has 0 heterocycles. The van der Waals surface area contributed by atoms with Gasteiger partial charge < -0.3 is 14.6 Å². The molecule has 1 N–H and O–H groups in total. The minimum absolute atomic E-state index is 0.0390. The highest BCUT2D eigenvalue weighted by molar-refractivity contribution is 5.77. The molecule has 2 rings (SSSR count). The predicted octanol–water partition coefficient (Wildman–Crippen LogP) is 4.20. The average molecular weight is 328 g/mol. The lowest BCUT2D eigenvalue weighted by molar-refractivity contribution is -0.138. The van der Waals surface area contributed by atoms with Crippen LogP contribution in [0.1, 0.15) is 36.5 Å². The van der Waals surface area contributed by atoms with E-state index >= 15 is 0 Å². The second-order valence-electron chi connectivity index (χ2n) is 6.09. The molecule has 0 amide bonds. The maximum Gasteiger partial charge on any atom is 0.311 e. The van der Waals surface area contributed by atoms with Gasteiger partial charge in [-0.1, -0.05) is 24.3 Å². The summed E-state index contributed by atoms with van der Waals surface area (Å²) in [5.41, 5.74) is 2.60. The lowest BCUT2D eigenvalue weighted by Crippen LogP contribution is -2.17. The predicted molar refractivity (Wildman–Crippen MR) is 94.0 cm³/mol. The zero-order valence-electron chi connectivity index (χ0n) is 14.6.